The molecule has 168 valence electrons. The Morgan fingerprint density at radius 3 is 2.68 bits per heavy atom. The van der Waals surface area contributed by atoms with Crippen molar-refractivity contribution in [2.24, 2.45) is 5.92 Å². The minimum absolute atomic E-state index is 0.00950. The van der Waals surface area contributed by atoms with Crippen LogP contribution in [0.4, 0.5) is 9.18 Å². The van der Waals surface area contributed by atoms with E-state index in [2.05, 4.69) is 10.0 Å². The van der Waals surface area contributed by atoms with Crippen molar-refractivity contribution in [2.45, 2.75) is 37.6 Å². The predicted octanol–water partition coefficient (Wildman–Crippen LogP) is 2.02. The molecule has 3 fully saturated rings. The number of allylic oxidation sites excluding steroid dienone is 1. The zero-order chi connectivity index (χ0) is 22.1. The van der Waals surface area contributed by atoms with Crippen LogP contribution in [-0.4, -0.2) is 50.7 Å². The Labute approximate surface area is 180 Å². The van der Waals surface area contributed by atoms with Crippen LogP contribution in [-0.2, 0) is 20.4 Å². The molecule has 3 aliphatic rings. The van der Waals surface area contributed by atoms with E-state index < -0.39 is 27.4 Å². The van der Waals surface area contributed by atoms with Crippen molar-refractivity contribution >= 4 is 22.0 Å². The number of urea groups is 1. The second-order valence-corrected chi connectivity index (χ2v) is 10.2. The van der Waals surface area contributed by atoms with E-state index in [-0.39, 0.29) is 36.9 Å². The third kappa shape index (κ3) is 5.62. The molecule has 1 aliphatic heterocycles. The van der Waals surface area contributed by atoms with Crippen LogP contribution in [0.3, 0.4) is 0 Å². The van der Waals surface area contributed by atoms with Gasteiger partial charge >= 0.3 is 6.03 Å². The summed E-state index contributed by atoms with van der Waals surface area (Å²) in [5.41, 5.74) is 0.00519. The van der Waals surface area contributed by atoms with Crippen LogP contribution in [0, 0.1) is 11.7 Å². The highest BCUT2D eigenvalue weighted by Crippen LogP contribution is 2.47. The average molecular weight is 452 g/mol. The number of nitrogens with zero attached hydrogens (tertiary/aromatic N) is 1. The van der Waals surface area contributed by atoms with Gasteiger partial charge in [0.2, 0.25) is 15.9 Å². The zero-order valence-electron chi connectivity index (χ0n) is 17.1. The quantitative estimate of drug-likeness (QED) is 0.396. The topological polar surface area (TPSA) is 105 Å². The second-order valence-electron chi connectivity index (χ2n) is 8.40. The van der Waals surface area contributed by atoms with Crippen molar-refractivity contribution in [1.29, 1.82) is 0 Å². The lowest BCUT2D eigenvalue weighted by atomic mass is 10.1. The van der Waals surface area contributed by atoms with Crippen molar-refractivity contribution in [3.05, 3.63) is 41.7 Å². The van der Waals surface area contributed by atoms with E-state index in [1.165, 1.54) is 11.0 Å². The molecule has 2 aliphatic carbocycles. The van der Waals surface area contributed by atoms with Crippen molar-refractivity contribution in [3.63, 3.8) is 0 Å². The monoisotopic (exact) mass is 451 g/mol. The Kier molecular flexibility index (Phi) is 6.02. The molecule has 2 saturated carbocycles. The molecule has 31 heavy (non-hydrogen) atoms. The fraction of sp³-hybridized carbons (Fsp3) is 0.524. The predicted molar refractivity (Wildman–Crippen MR) is 111 cm³/mol. The number of hydrogen-bond acceptors (Lipinski definition) is 5. The van der Waals surface area contributed by atoms with Crippen LogP contribution in [0.1, 0.15) is 37.7 Å². The summed E-state index contributed by atoms with van der Waals surface area (Å²) in [5, 5.41) is 2.18. The van der Waals surface area contributed by atoms with Crippen LogP contribution in [0.15, 0.2) is 30.4 Å². The van der Waals surface area contributed by atoms with Gasteiger partial charge in [-0.15, -0.1) is 0 Å². The third-order valence-electron chi connectivity index (χ3n) is 5.67. The molecular weight excluding hydrogens is 425 g/mol. The van der Waals surface area contributed by atoms with Crippen molar-refractivity contribution in [2.75, 3.05) is 25.4 Å². The van der Waals surface area contributed by atoms with E-state index in [1.807, 2.05) is 0 Å². The van der Waals surface area contributed by atoms with E-state index in [0.29, 0.717) is 30.9 Å². The number of ether oxygens (including phenoxy) is 1. The maximum Gasteiger partial charge on any atom is 0.324 e. The number of sulfonamides is 1. The lowest BCUT2D eigenvalue weighted by Crippen LogP contribution is -2.36. The molecule has 0 unspecified atom stereocenters. The Balaban J connectivity index is 1.30. The highest BCUT2D eigenvalue weighted by Gasteiger charge is 2.47. The minimum Gasteiger partial charge on any atom is -0.490 e. The van der Waals surface area contributed by atoms with Gasteiger partial charge in [0, 0.05) is 6.54 Å². The number of hydrogen-bond donors (Lipinski definition) is 2. The molecule has 1 heterocycles. The molecule has 2 N–H and O–H groups in total. The fourth-order valence-corrected chi connectivity index (χ4v) is 4.97. The molecule has 3 amide bonds. The summed E-state index contributed by atoms with van der Waals surface area (Å²) in [7, 11) is -3.57. The standard InChI is InChI=1S/C21H26FN3O5S/c22-17-7-6-16(12-18(17)30-14-15-4-5-15)21(8-9-21)24-31(28,29)11-3-1-2-10-25-13-19(26)23-20(25)27/h1-2,6-7,12,15,24H,3-5,8-11,13-14H2,(H,23,26,27)/b2-1+. The first kappa shape index (κ1) is 21.8. The lowest BCUT2D eigenvalue weighted by Gasteiger charge is -2.19. The van der Waals surface area contributed by atoms with Gasteiger partial charge in [0.1, 0.15) is 6.54 Å². The van der Waals surface area contributed by atoms with E-state index >= 15 is 0 Å². The molecule has 0 radical (unpaired) electrons. The van der Waals surface area contributed by atoms with Crippen molar-refractivity contribution in [1.82, 2.24) is 14.9 Å². The first-order chi connectivity index (χ1) is 14.8. The number of carbonyl (C=O) groups is 2. The van der Waals surface area contributed by atoms with E-state index in [9.17, 15) is 22.4 Å². The van der Waals surface area contributed by atoms with Crippen molar-refractivity contribution in [3.8, 4) is 5.75 Å². The molecule has 8 nitrogen and oxygen atoms in total. The van der Waals surface area contributed by atoms with E-state index in [0.717, 1.165) is 12.8 Å². The summed E-state index contributed by atoms with van der Waals surface area (Å²) in [6.07, 6.45) is 7.11. The normalized spacial score (nSPS) is 20.4. The lowest BCUT2D eigenvalue weighted by molar-refractivity contribution is -0.118. The number of imide groups is 1. The molecular formula is C21H26FN3O5S. The fourth-order valence-electron chi connectivity index (χ4n) is 3.50. The van der Waals surface area contributed by atoms with Crippen LogP contribution >= 0.6 is 0 Å². The minimum atomic E-state index is -3.57. The van der Waals surface area contributed by atoms with Gasteiger partial charge in [-0.05, 0) is 55.7 Å². The van der Waals surface area contributed by atoms with Crippen LogP contribution in [0.2, 0.25) is 0 Å². The van der Waals surface area contributed by atoms with Gasteiger partial charge in [-0.25, -0.2) is 22.3 Å². The number of amides is 3. The maximum absolute atomic E-state index is 14.1. The Bertz CT molecular complexity index is 1000. The van der Waals surface area contributed by atoms with Crippen LogP contribution in [0.5, 0.6) is 5.75 Å². The van der Waals surface area contributed by atoms with Gasteiger partial charge in [-0.2, -0.15) is 0 Å². The first-order valence-electron chi connectivity index (χ1n) is 10.4. The summed E-state index contributed by atoms with van der Waals surface area (Å²) < 4.78 is 47.6. The molecule has 0 bridgehead atoms. The molecule has 4 rings (SSSR count). The number of carbonyl (C=O) groups excluding carboxylic acids is 2. The Morgan fingerprint density at radius 1 is 1.26 bits per heavy atom. The van der Waals surface area contributed by atoms with Gasteiger partial charge in [-0.1, -0.05) is 18.2 Å². The molecule has 0 spiro atoms. The average Bonchev–Trinajstić information content (AvgIpc) is 3.62. The van der Waals surface area contributed by atoms with Gasteiger partial charge < -0.3 is 9.64 Å². The number of halogens is 1. The summed E-state index contributed by atoms with van der Waals surface area (Å²) in [4.78, 5) is 23.9. The molecule has 0 aromatic heterocycles. The first-order valence-corrected chi connectivity index (χ1v) is 12.1. The highest BCUT2D eigenvalue weighted by atomic mass is 32.2. The highest BCUT2D eigenvalue weighted by molar-refractivity contribution is 7.89. The Hall–Kier alpha value is -2.46. The summed E-state index contributed by atoms with van der Waals surface area (Å²) in [5.74, 6) is -0.238. The molecule has 1 saturated heterocycles. The number of rotatable bonds is 11. The molecule has 10 heteroatoms. The second kappa shape index (κ2) is 8.58. The zero-order valence-corrected chi connectivity index (χ0v) is 17.9. The SMILES string of the molecule is O=C1CN(C/C=C/CCS(=O)(=O)NC2(c3ccc(F)c(OCC4CC4)c3)CC2)C(=O)N1. The largest absolute Gasteiger partial charge is 0.490 e. The van der Waals surface area contributed by atoms with Crippen LogP contribution in [0.25, 0.3) is 0 Å². The van der Waals surface area contributed by atoms with Gasteiger partial charge in [-0.3, -0.25) is 10.1 Å². The smallest absolute Gasteiger partial charge is 0.324 e. The summed E-state index contributed by atoms with van der Waals surface area (Å²) in [6, 6.07) is 4.10. The van der Waals surface area contributed by atoms with Crippen molar-refractivity contribution < 1.29 is 27.1 Å². The van der Waals surface area contributed by atoms with Gasteiger partial charge in [0.05, 0.1) is 17.9 Å². The Morgan fingerprint density at radius 2 is 2.03 bits per heavy atom. The summed E-state index contributed by atoms with van der Waals surface area (Å²) in [6.45, 7) is 0.739. The van der Waals surface area contributed by atoms with E-state index in [1.54, 1.807) is 24.3 Å². The molecule has 1 aromatic rings. The molecule has 1 aromatic carbocycles. The van der Waals surface area contributed by atoms with Crippen LogP contribution < -0.4 is 14.8 Å². The van der Waals surface area contributed by atoms with Gasteiger partial charge in [0.15, 0.2) is 11.6 Å². The third-order valence-corrected chi connectivity index (χ3v) is 7.14. The maximum atomic E-state index is 14.1. The van der Waals surface area contributed by atoms with E-state index in [4.69, 9.17) is 4.74 Å². The number of nitrogens with one attached hydrogen (secondary N) is 2. The summed E-state index contributed by atoms with van der Waals surface area (Å²) >= 11 is 0. The molecule has 0 atom stereocenters. The van der Waals surface area contributed by atoms with Gasteiger partial charge in [0.25, 0.3) is 0 Å². The number of benzene rings is 1.